The largest absolute Gasteiger partial charge is 0.494 e. The highest BCUT2D eigenvalue weighted by atomic mass is 16.6. The third kappa shape index (κ3) is 2.03. The lowest BCUT2D eigenvalue weighted by atomic mass is 9.83. The van der Waals surface area contributed by atoms with Gasteiger partial charge in [-0.25, -0.2) is 0 Å². The third-order valence-electron chi connectivity index (χ3n) is 3.65. The lowest BCUT2D eigenvalue weighted by molar-refractivity contribution is -0.385. The van der Waals surface area contributed by atoms with Crippen LogP contribution >= 0.6 is 0 Å². The summed E-state index contributed by atoms with van der Waals surface area (Å²) in [5.74, 6) is -0.0663. The summed E-state index contributed by atoms with van der Waals surface area (Å²) in [4.78, 5) is 27.0. The highest BCUT2D eigenvalue weighted by Crippen LogP contribution is 2.48. The molecule has 110 valence electrons. The van der Waals surface area contributed by atoms with Gasteiger partial charge in [0.2, 0.25) is 5.91 Å². The van der Waals surface area contributed by atoms with Crippen molar-refractivity contribution in [2.45, 2.75) is 12.3 Å². The van der Waals surface area contributed by atoms with E-state index in [1.54, 1.807) is 14.0 Å². The minimum absolute atomic E-state index is 0.121. The summed E-state index contributed by atoms with van der Waals surface area (Å²) in [6.45, 7) is 1.47. The standard InChI is InChI=1S/C12H13N5O4/c1-12(6-14-15-13)8-4-7(17(19)20)5-9(21-3)10(8)16(2)11(12)18/h4-5H,6H2,1-3H3. The van der Waals surface area contributed by atoms with E-state index in [9.17, 15) is 14.9 Å². The minimum Gasteiger partial charge on any atom is -0.494 e. The monoisotopic (exact) mass is 291 g/mol. The normalized spacial score (nSPS) is 20.0. The van der Waals surface area contributed by atoms with Crippen molar-refractivity contribution in [1.82, 2.24) is 0 Å². The first-order chi connectivity index (χ1) is 9.86. The number of azide groups is 1. The van der Waals surface area contributed by atoms with Crippen LogP contribution in [0.1, 0.15) is 12.5 Å². The number of ether oxygens (including phenoxy) is 1. The summed E-state index contributed by atoms with van der Waals surface area (Å²) >= 11 is 0. The van der Waals surface area contributed by atoms with E-state index < -0.39 is 10.3 Å². The van der Waals surface area contributed by atoms with Crippen molar-refractivity contribution in [3.8, 4) is 5.75 Å². The van der Waals surface area contributed by atoms with Gasteiger partial charge in [-0.2, -0.15) is 0 Å². The zero-order valence-electron chi connectivity index (χ0n) is 11.7. The fraction of sp³-hybridized carbons (Fsp3) is 0.417. The lowest BCUT2D eigenvalue weighted by Gasteiger charge is -2.20. The van der Waals surface area contributed by atoms with Crippen molar-refractivity contribution in [3.63, 3.8) is 0 Å². The van der Waals surface area contributed by atoms with Gasteiger partial charge in [-0.05, 0) is 12.5 Å². The number of anilines is 1. The molecule has 1 aliphatic rings. The van der Waals surface area contributed by atoms with Crippen molar-refractivity contribution in [3.05, 3.63) is 38.3 Å². The Morgan fingerprint density at radius 3 is 2.76 bits per heavy atom. The minimum atomic E-state index is -1.14. The van der Waals surface area contributed by atoms with Crippen LogP contribution in [0.5, 0.6) is 5.75 Å². The van der Waals surface area contributed by atoms with Gasteiger partial charge in [0.25, 0.3) is 5.69 Å². The molecule has 1 amide bonds. The molecule has 2 rings (SSSR count). The molecule has 21 heavy (non-hydrogen) atoms. The number of hydrogen-bond donors (Lipinski definition) is 0. The molecule has 1 aromatic rings. The summed E-state index contributed by atoms with van der Waals surface area (Å²) in [6, 6.07) is 2.59. The Morgan fingerprint density at radius 2 is 2.24 bits per heavy atom. The number of nitro groups is 1. The maximum Gasteiger partial charge on any atom is 0.273 e. The summed E-state index contributed by atoms with van der Waals surface area (Å²) in [6.07, 6.45) is 0. The summed E-state index contributed by atoms with van der Waals surface area (Å²) in [5, 5.41) is 14.5. The topological polar surface area (TPSA) is 121 Å². The van der Waals surface area contributed by atoms with E-state index in [2.05, 4.69) is 10.0 Å². The van der Waals surface area contributed by atoms with Crippen LogP contribution in [-0.2, 0) is 10.2 Å². The Kier molecular flexibility index (Phi) is 3.44. The van der Waals surface area contributed by atoms with Crippen LogP contribution < -0.4 is 9.64 Å². The fourth-order valence-corrected chi connectivity index (χ4v) is 2.53. The number of nitro benzene ring substituents is 1. The molecule has 1 heterocycles. The van der Waals surface area contributed by atoms with Crippen molar-refractivity contribution >= 4 is 17.3 Å². The van der Waals surface area contributed by atoms with Gasteiger partial charge in [-0.1, -0.05) is 5.11 Å². The van der Waals surface area contributed by atoms with Gasteiger partial charge in [-0.3, -0.25) is 14.9 Å². The molecule has 1 aromatic carbocycles. The average molecular weight is 291 g/mol. The van der Waals surface area contributed by atoms with E-state index in [4.69, 9.17) is 10.3 Å². The van der Waals surface area contributed by atoms with Crippen LogP contribution in [0.15, 0.2) is 17.2 Å². The van der Waals surface area contributed by atoms with Crippen LogP contribution in [0.4, 0.5) is 11.4 Å². The Morgan fingerprint density at radius 1 is 1.57 bits per heavy atom. The molecule has 0 aromatic heterocycles. The number of carbonyl (C=O) groups excluding carboxylic acids is 1. The molecule has 0 bridgehead atoms. The second-order valence-corrected chi connectivity index (χ2v) is 4.89. The van der Waals surface area contributed by atoms with Gasteiger partial charge in [-0.15, -0.1) is 0 Å². The lowest BCUT2D eigenvalue weighted by Crippen LogP contribution is -2.38. The number of carbonyl (C=O) groups is 1. The van der Waals surface area contributed by atoms with Crippen molar-refractivity contribution in [1.29, 1.82) is 0 Å². The fourth-order valence-electron chi connectivity index (χ4n) is 2.53. The van der Waals surface area contributed by atoms with Crippen LogP contribution in [0.2, 0.25) is 0 Å². The van der Waals surface area contributed by atoms with Crippen LogP contribution in [-0.4, -0.2) is 31.5 Å². The van der Waals surface area contributed by atoms with E-state index in [1.165, 1.54) is 24.1 Å². The number of non-ortho nitro benzene ring substituents is 1. The number of nitrogens with zero attached hydrogens (tertiary/aromatic N) is 5. The maximum absolute atomic E-state index is 12.5. The molecular formula is C12H13N5O4. The molecule has 0 aliphatic carbocycles. The van der Waals surface area contributed by atoms with Gasteiger partial charge in [0.05, 0.1) is 29.2 Å². The first-order valence-corrected chi connectivity index (χ1v) is 6.02. The molecule has 0 radical (unpaired) electrons. The summed E-state index contributed by atoms with van der Waals surface area (Å²) < 4.78 is 5.16. The second-order valence-electron chi connectivity index (χ2n) is 4.89. The van der Waals surface area contributed by atoms with Gasteiger partial charge < -0.3 is 9.64 Å². The summed E-state index contributed by atoms with van der Waals surface area (Å²) in [7, 11) is 2.93. The van der Waals surface area contributed by atoms with E-state index in [0.29, 0.717) is 11.3 Å². The Balaban J connectivity index is 2.74. The molecule has 0 N–H and O–H groups in total. The van der Waals surface area contributed by atoms with Crippen LogP contribution in [0.25, 0.3) is 10.4 Å². The number of amides is 1. The molecular weight excluding hydrogens is 278 g/mol. The first-order valence-electron chi connectivity index (χ1n) is 6.02. The predicted octanol–water partition coefficient (Wildman–Crippen LogP) is 2.15. The highest BCUT2D eigenvalue weighted by Gasteiger charge is 2.48. The predicted molar refractivity (Wildman–Crippen MR) is 74.4 cm³/mol. The Hall–Kier alpha value is -2.80. The van der Waals surface area contributed by atoms with Crippen LogP contribution in [0.3, 0.4) is 0 Å². The van der Waals surface area contributed by atoms with Crippen molar-refractivity contribution in [2.24, 2.45) is 5.11 Å². The Bertz CT molecular complexity index is 682. The Labute approximate surface area is 119 Å². The average Bonchev–Trinajstić information content (AvgIpc) is 2.66. The first kappa shape index (κ1) is 14.6. The third-order valence-corrected chi connectivity index (χ3v) is 3.65. The van der Waals surface area contributed by atoms with Crippen LogP contribution in [0, 0.1) is 10.1 Å². The zero-order valence-corrected chi connectivity index (χ0v) is 11.7. The van der Waals surface area contributed by atoms with Gasteiger partial charge in [0.15, 0.2) is 0 Å². The molecule has 0 saturated carbocycles. The molecule has 1 atom stereocenters. The molecule has 9 heteroatoms. The quantitative estimate of drug-likeness (QED) is 0.277. The zero-order chi connectivity index (χ0) is 15.8. The van der Waals surface area contributed by atoms with Gasteiger partial charge in [0, 0.05) is 30.1 Å². The second kappa shape index (κ2) is 4.95. The molecule has 0 saturated heterocycles. The highest BCUT2D eigenvalue weighted by molar-refractivity contribution is 6.09. The molecule has 1 unspecified atom stereocenters. The molecule has 0 spiro atoms. The number of likely N-dealkylation sites (N-methyl/N-ethyl adjacent to an activating group) is 1. The van der Waals surface area contributed by atoms with E-state index >= 15 is 0 Å². The van der Waals surface area contributed by atoms with E-state index in [-0.39, 0.29) is 23.9 Å². The number of fused-ring (bicyclic) bond motifs is 1. The number of methoxy groups -OCH3 is 1. The number of rotatable bonds is 4. The smallest absolute Gasteiger partial charge is 0.273 e. The van der Waals surface area contributed by atoms with E-state index in [1.807, 2.05) is 0 Å². The molecule has 0 fully saturated rings. The summed E-state index contributed by atoms with van der Waals surface area (Å²) in [5.41, 5.74) is 8.05. The maximum atomic E-state index is 12.5. The number of hydrogen-bond acceptors (Lipinski definition) is 5. The SMILES string of the molecule is COc1cc([N+](=O)[O-])cc2c1N(C)C(=O)C2(C)CN=[N+]=[N-]. The van der Waals surface area contributed by atoms with Crippen molar-refractivity contribution < 1.29 is 14.5 Å². The van der Waals surface area contributed by atoms with Crippen molar-refractivity contribution in [2.75, 3.05) is 25.6 Å². The van der Waals surface area contributed by atoms with E-state index in [0.717, 1.165) is 0 Å². The van der Waals surface area contributed by atoms with Gasteiger partial charge >= 0.3 is 0 Å². The number of benzene rings is 1. The van der Waals surface area contributed by atoms with Gasteiger partial charge in [0.1, 0.15) is 5.75 Å². The molecule has 9 nitrogen and oxygen atoms in total. The molecule has 1 aliphatic heterocycles.